The van der Waals surface area contributed by atoms with Gasteiger partial charge in [0.15, 0.2) is 15.0 Å². The number of anilines is 1. The molecule has 18 heavy (non-hydrogen) atoms. The molecule has 2 unspecified atom stereocenters. The van der Waals surface area contributed by atoms with Gasteiger partial charge in [0, 0.05) is 15.4 Å². The van der Waals surface area contributed by atoms with Crippen LogP contribution in [-0.2, 0) is 9.84 Å². The lowest BCUT2D eigenvalue weighted by molar-refractivity contribution is 0.601. The Morgan fingerprint density at radius 1 is 1.39 bits per heavy atom. The van der Waals surface area contributed by atoms with E-state index in [1.807, 2.05) is 29.2 Å². The molecule has 2 aliphatic heterocycles. The summed E-state index contributed by atoms with van der Waals surface area (Å²) in [6.07, 6.45) is 0. The fourth-order valence-electron chi connectivity index (χ4n) is 2.44. The Morgan fingerprint density at radius 2 is 2.17 bits per heavy atom. The Kier molecular flexibility index (Phi) is 2.95. The highest BCUT2D eigenvalue weighted by Crippen LogP contribution is 2.40. The molecule has 1 N–H and O–H groups in total. The number of nitrogens with zero attached hydrogens (tertiary/aromatic N) is 1. The molecular formula is C11H11BrN2O2S2. The highest BCUT2D eigenvalue weighted by molar-refractivity contribution is 9.10. The third-order valence-electron chi connectivity index (χ3n) is 3.17. The quantitative estimate of drug-likeness (QED) is 0.845. The zero-order chi connectivity index (χ0) is 12.9. The Hall–Kier alpha value is -0.530. The standard InChI is InChI=1S/C11H11BrN2O2S2/c12-7-2-1-3-8(4-7)14-9-5-18(15,16)6-10(9)17-11(14)13/h1-4,9-10,13H,5-6H2. The third-order valence-corrected chi connectivity index (χ3v) is 6.80. The van der Waals surface area contributed by atoms with Gasteiger partial charge in [-0.05, 0) is 18.2 Å². The second-order valence-electron chi connectivity index (χ2n) is 4.46. The van der Waals surface area contributed by atoms with E-state index in [0.717, 1.165) is 10.2 Å². The minimum Gasteiger partial charge on any atom is -0.316 e. The van der Waals surface area contributed by atoms with Crippen LogP contribution in [0.4, 0.5) is 5.69 Å². The van der Waals surface area contributed by atoms with Crippen molar-refractivity contribution >= 4 is 48.4 Å². The van der Waals surface area contributed by atoms with Crippen molar-refractivity contribution in [3.8, 4) is 0 Å². The number of hydrogen-bond acceptors (Lipinski definition) is 4. The summed E-state index contributed by atoms with van der Waals surface area (Å²) >= 11 is 4.76. The molecule has 7 heteroatoms. The van der Waals surface area contributed by atoms with Crippen LogP contribution in [0.3, 0.4) is 0 Å². The van der Waals surface area contributed by atoms with E-state index in [0.29, 0.717) is 5.17 Å². The van der Waals surface area contributed by atoms with E-state index in [4.69, 9.17) is 5.41 Å². The molecule has 0 bridgehead atoms. The molecule has 0 aromatic heterocycles. The Balaban J connectivity index is 1.99. The number of benzene rings is 1. The molecule has 2 heterocycles. The van der Waals surface area contributed by atoms with Crippen LogP contribution in [0.25, 0.3) is 0 Å². The van der Waals surface area contributed by atoms with E-state index in [1.54, 1.807) is 0 Å². The van der Waals surface area contributed by atoms with E-state index in [9.17, 15) is 8.42 Å². The molecule has 4 nitrogen and oxygen atoms in total. The Morgan fingerprint density at radius 3 is 2.89 bits per heavy atom. The topological polar surface area (TPSA) is 61.2 Å². The van der Waals surface area contributed by atoms with Gasteiger partial charge in [0.2, 0.25) is 0 Å². The molecule has 1 aromatic carbocycles. The Labute approximate surface area is 118 Å². The number of halogens is 1. The Bertz CT molecular complexity index is 617. The van der Waals surface area contributed by atoms with Gasteiger partial charge in [-0.25, -0.2) is 8.42 Å². The van der Waals surface area contributed by atoms with Gasteiger partial charge in [0.25, 0.3) is 0 Å². The fraction of sp³-hybridized carbons (Fsp3) is 0.364. The molecule has 0 radical (unpaired) electrons. The van der Waals surface area contributed by atoms with Gasteiger partial charge in [-0.3, -0.25) is 5.41 Å². The summed E-state index contributed by atoms with van der Waals surface area (Å²) in [7, 11) is -2.95. The minimum absolute atomic E-state index is 0.00137. The van der Waals surface area contributed by atoms with Crippen LogP contribution < -0.4 is 4.90 Å². The number of sulfone groups is 1. The van der Waals surface area contributed by atoms with Gasteiger partial charge in [0.05, 0.1) is 17.5 Å². The highest BCUT2D eigenvalue weighted by Gasteiger charge is 2.48. The second-order valence-corrected chi connectivity index (χ2v) is 8.75. The minimum atomic E-state index is -2.95. The molecule has 2 fully saturated rings. The predicted octanol–water partition coefficient (Wildman–Crippen LogP) is 2.10. The van der Waals surface area contributed by atoms with Gasteiger partial charge < -0.3 is 4.90 Å². The van der Waals surface area contributed by atoms with E-state index in [-0.39, 0.29) is 22.8 Å². The van der Waals surface area contributed by atoms with Crippen molar-refractivity contribution in [3.05, 3.63) is 28.7 Å². The van der Waals surface area contributed by atoms with Crippen molar-refractivity contribution < 1.29 is 8.42 Å². The predicted molar refractivity (Wildman–Crippen MR) is 78.2 cm³/mol. The molecule has 0 spiro atoms. The van der Waals surface area contributed by atoms with Gasteiger partial charge >= 0.3 is 0 Å². The van der Waals surface area contributed by atoms with Crippen LogP contribution in [0.5, 0.6) is 0 Å². The fourth-order valence-corrected chi connectivity index (χ4v) is 6.62. The van der Waals surface area contributed by atoms with Crippen molar-refractivity contribution in [2.75, 3.05) is 16.4 Å². The van der Waals surface area contributed by atoms with Crippen LogP contribution in [0.15, 0.2) is 28.7 Å². The lowest BCUT2D eigenvalue weighted by Crippen LogP contribution is -2.37. The number of nitrogens with one attached hydrogen (secondary N) is 1. The smallest absolute Gasteiger partial charge is 0.161 e. The molecule has 96 valence electrons. The molecule has 2 aliphatic rings. The first kappa shape index (κ1) is 12.5. The summed E-state index contributed by atoms with van der Waals surface area (Å²) in [6, 6.07) is 7.55. The van der Waals surface area contributed by atoms with Gasteiger partial charge in [-0.15, -0.1) is 0 Å². The lowest BCUT2D eigenvalue weighted by Gasteiger charge is -2.23. The summed E-state index contributed by atoms with van der Waals surface area (Å²) in [6.45, 7) is 0. The molecule has 3 rings (SSSR count). The first-order valence-electron chi connectivity index (χ1n) is 5.47. The SMILES string of the molecule is N=C1SC2CS(=O)(=O)CC2N1c1cccc(Br)c1. The van der Waals surface area contributed by atoms with Crippen LogP contribution in [0.2, 0.25) is 0 Å². The summed E-state index contributed by atoms with van der Waals surface area (Å²) in [5.41, 5.74) is 0.881. The van der Waals surface area contributed by atoms with E-state index in [1.165, 1.54) is 11.8 Å². The van der Waals surface area contributed by atoms with Crippen LogP contribution in [-0.4, -0.2) is 36.4 Å². The average Bonchev–Trinajstić information content (AvgIpc) is 2.68. The summed E-state index contributed by atoms with van der Waals surface area (Å²) in [5, 5.41) is 8.46. The first-order valence-corrected chi connectivity index (χ1v) is 8.96. The van der Waals surface area contributed by atoms with Crippen LogP contribution in [0.1, 0.15) is 0 Å². The summed E-state index contributed by atoms with van der Waals surface area (Å²) in [5.74, 6) is 0.342. The second kappa shape index (κ2) is 4.25. The highest BCUT2D eigenvalue weighted by atomic mass is 79.9. The molecule has 2 atom stereocenters. The molecule has 1 aromatic rings. The maximum Gasteiger partial charge on any atom is 0.161 e. The van der Waals surface area contributed by atoms with Crippen molar-refractivity contribution in [3.63, 3.8) is 0 Å². The van der Waals surface area contributed by atoms with Crippen LogP contribution >= 0.6 is 27.7 Å². The van der Waals surface area contributed by atoms with Gasteiger partial charge in [-0.1, -0.05) is 33.8 Å². The third kappa shape index (κ3) is 2.08. The molecule has 0 aliphatic carbocycles. The molecular weight excluding hydrogens is 336 g/mol. The molecule has 2 saturated heterocycles. The number of thioether (sulfide) groups is 1. The molecule has 0 saturated carbocycles. The van der Waals surface area contributed by atoms with Crippen molar-refractivity contribution in [2.45, 2.75) is 11.3 Å². The maximum atomic E-state index is 11.7. The number of amidine groups is 1. The number of fused-ring (bicyclic) bond motifs is 1. The van der Waals surface area contributed by atoms with E-state index >= 15 is 0 Å². The van der Waals surface area contributed by atoms with Crippen molar-refractivity contribution in [1.29, 1.82) is 5.41 Å². The van der Waals surface area contributed by atoms with E-state index in [2.05, 4.69) is 15.9 Å². The largest absolute Gasteiger partial charge is 0.316 e. The summed E-state index contributed by atoms with van der Waals surface area (Å²) in [4.78, 5) is 1.84. The summed E-state index contributed by atoms with van der Waals surface area (Å²) < 4.78 is 24.3. The first-order chi connectivity index (χ1) is 8.46. The number of rotatable bonds is 1. The monoisotopic (exact) mass is 346 g/mol. The number of hydrogen-bond donors (Lipinski definition) is 1. The van der Waals surface area contributed by atoms with Crippen LogP contribution in [0, 0.1) is 5.41 Å². The zero-order valence-electron chi connectivity index (χ0n) is 9.34. The average molecular weight is 347 g/mol. The van der Waals surface area contributed by atoms with Crippen molar-refractivity contribution in [2.24, 2.45) is 0 Å². The lowest BCUT2D eigenvalue weighted by atomic mass is 10.2. The van der Waals surface area contributed by atoms with Gasteiger partial charge in [0.1, 0.15) is 0 Å². The van der Waals surface area contributed by atoms with Gasteiger partial charge in [-0.2, -0.15) is 0 Å². The van der Waals surface area contributed by atoms with Crippen molar-refractivity contribution in [1.82, 2.24) is 0 Å². The maximum absolute atomic E-state index is 11.7. The normalized spacial score (nSPS) is 29.6. The molecule has 0 amide bonds. The van der Waals surface area contributed by atoms with E-state index < -0.39 is 9.84 Å². The zero-order valence-corrected chi connectivity index (χ0v) is 12.6.